The van der Waals surface area contributed by atoms with Crippen LogP contribution in [0.1, 0.15) is 41.0 Å². The SMILES string of the molecule is CCCOc1ccc(/C(O)=C2/C(=O)C(=O)N(c3ccc(OC)cc3)C2c2sccc2C)cc1C. The molecule has 3 aromatic rings. The minimum Gasteiger partial charge on any atom is -0.507 e. The van der Waals surface area contributed by atoms with Crippen LogP contribution in [0.3, 0.4) is 0 Å². The molecule has 0 aliphatic carbocycles. The number of benzene rings is 2. The Morgan fingerprint density at radius 2 is 1.79 bits per heavy atom. The number of ether oxygens (including phenoxy) is 2. The Hall–Kier alpha value is -3.58. The van der Waals surface area contributed by atoms with Crippen LogP contribution in [0.15, 0.2) is 59.5 Å². The maximum Gasteiger partial charge on any atom is 0.300 e. The topological polar surface area (TPSA) is 76.1 Å². The fourth-order valence-electron chi connectivity index (χ4n) is 4.08. The van der Waals surface area contributed by atoms with Crippen LogP contribution in [0.4, 0.5) is 5.69 Å². The number of anilines is 1. The molecule has 1 aliphatic heterocycles. The van der Waals surface area contributed by atoms with E-state index in [9.17, 15) is 14.7 Å². The molecule has 0 radical (unpaired) electrons. The molecular formula is C27H27NO5S. The largest absolute Gasteiger partial charge is 0.507 e. The highest BCUT2D eigenvalue weighted by molar-refractivity contribution is 7.10. The molecular weight excluding hydrogens is 450 g/mol. The summed E-state index contributed by atoms with van der Waals surface area (Å²) in [5.74, 6) is -0.218. The van der Waals surface area contributed by atoms with Crippen molar-refractivity contribution in [3.63, 3.8) is 0 Å². The molecule has 176 valence electrons. The van der Waals surface area contributed by atoms with Crippen LogP contribution in [0, 0.1) is 13.8 Å². The minimum absolute atomic E-state index is 0.0768. The van der Waals surface area contributed by atoms with Gasteiger partial charge in [0.1, 0.15) is 23.3 Å². The molecule has 6 nitrogen and oxygen atoms in total. The number of Topliss-reactive ketones (excluding diaryl/α,β-unsaturated/α-hetero) is 1. The van der Waals surface area contributed by atoms with E-state index in [-0.39, 0.29) is 11.3 Å². The Bertz CT molecular complexity index is 1260. The molecule has 0 bridgehead atoms. The van der Waals surface area contributed by atoms with Crippen molar-refractivity contribution in [2.75, 3.05) is 18.6 Å². The lowest BCUT2D eigenvalue weighted by molar-refractivity contribution is -0.132. The summed E-state index contributed by atoms with van der Waals surface area (Å²) in [7, 11) is 1.57. The molecule has 1 saturated heterocycles. The lowest BCUT2D eigenvalue weighted by atomic mass is 9.97. The molecule has 4 rings (SSSR count). The smallest absolute Gasteiger partial charge is 0.300 e. The van der Waals surface area contributed by atoms with Crippen molar-refractivity contribution in [2.24, 2.45) is 0 Å². The standard InChI is InChI=1S/C27H27NO5S/c1-5-13-33-21-11-6-18(15-17(21)3)24(29)22-23(26-16(2)12-14-34-26)28(27(31)25(22)30)19-7-9-20(32-4)10-8-19/h6-12,14-15,23,29H,5,13H2,1-4H3/b24-22-. The Morgan fingerprint density at radius 1 is 1.06 bits per heavy atom. The van der Waals surface area contributed by atoms with Gasteiger partial charge < -0.3 is 14.6 Å². The van der Waals surface area contributed by atoms with E-state index in [1.807, 2.05) is 32.2 Å². The van der Waals surface area contributed by atoms with Crippen LogP contribution in [0.25, 0.3) is 5.76 Å². The number of ketones is 1. The number of rotatable bonds is 7. The van der Waals surface area contributed by atoms with E-state index in [1.165, 1.54) is 16.2 Å². The number of aryl methyl sites for hydroxylation is 2. The van der Waals surface area contributed by atoms with Crippen LogP contribution in [0.5, 0.6) is 11.5 Å². The average molecular weight is 478 g/mol. The van der Waals surface area contributed by atoms with Gasteiger partial charge in [-0.2, -0.15) is 0 Å². The predicted octanol–water partition coefficient (Wildman–Crippen LogP) is 5.79. The summed E-state index contributed by atoms with van der Waals surface area (Å²) in [6.45, 7) is 6.45. The Labute approximate surface area is 203 Å². The van der Waals surface area contributed by atoms with E-state index >= 15 is 0 Å². The van der Waals surface area contributed by atoms with Crippen molar-refractivity contribution in [1.29, 1.82) is 0 Å². The molecule has 2 heterocycles. The van der Waals surface area contributed by atoms with Crippen molar-refractivity contribution in [2.45, 2.75) is 33.2 Å². The molecule has 2 aromatic carbocycles. The number of aliphatic hydroxyl groups is 1. The number of amides is 1. The third kappa shape index (κ3) is 4.19. The number of thiophene rings is 1. The van der Waals surface area contributed by atoms with Gasteiger partial charge in [0.2, 0.25) is 0 Å². The van der Waals surface area contributed by atoms with Crippen molar-refractivity contribution < 1.29 is 24.2 Å². The number of hydrogen-bond donors (Lipinski definition) is 1. The van der Waals surface area contributed by atoms with Gasteiger partial charge in [0, 0.05) is 16.1 Å². The van der Waals surface area contributed by atoms with Crippen LogP contribution in [0.2, 0.25) is 0 Å². The fraction of sp³-hybridized carbons (Fsp3) is 0.259. The highest BCUT2D eigenvalue weighted by atomic mass is 32.1. The summed E-state index contributed by atoms with van der Waals surface area (Å²) in [5, 5.41) is 13.3. The van der Waals surface area contributed by atoms with Crippen molar-refractivity contribution >= 4 is 34.5 Å². The molecule has 1 aliphatic rings. The Balaban J connectivity index is 1.85. The summed E-state index contributed by atoms with van der Waals surface area (Å²) in [4.78, 5) is 28.8. The van der Waals surface area contributed by atoms with Crippen LogP contribution >= 0.6 is 11.3 Å². The molecule has 0 saturated carbocycles. The lowest BCUT2D eigenvalue weighted by Gasteiger charge is -2.25. The number of carbonyl (C=O) groups is 2. The first-order valence-corrected chi connectivity index (χ1v) is 12.0. The Morgan fingerprint density at radius 3 is 2.38 bits per heavy atom. The molecule has 1 amide bonds. The molecule has 1 N–H and O–H groups in total. The normalized spacial score (nSPS) is 17.3. The van der Waals surface area contributed by atoms with Gasteiger partial charge in [0.25, 0.3) is 11.7 Å². The maximum absolute atomic E-state index is 13.3. The van der Waals surface area contributed by atoms with E-state index in [2.05, 4.69) is 0 Å². The number of nitrogens with zero attached hydrogens (tertiary/aromatic N) is 1. The zero-order chi connectivity index (χ0) is 24.4. The molecule has 1 atom stereocenters. The second-order valence-corrected chi connectivity index (χ2v) is 9.11. The van der Waals surface area contributed by atoms with Crippen LogP contribution < -0.4 is 14.4 Å². The second kappa shape index (κ2) is 9.73. The van der Waals surface area contributed by atoms with Crippen LogP contribution in [-0.2, 0) is 9.59 Å². The third-order valence-electron chi connectivity index (χ3n) is 5.86. The van der Waals surface area contributed by atoms with Gasteiger partial charge in [-0.1, -0.05) is 6.92 Å². The van der Waals surface area contributed by atoms with Gasteiger partial charge in [-0.3, -0.25) is 14.5 Å². The number of hydrogen-bond acceptors (Lipinski definition) is 6. The minimum atomic E-state index is -0.732. The maximum atomic E-state index is 13.3. The number of aliphatic hydroxyl groups excluding tert-OH is 1. The van der Waals surface area contributed by atoms with Crippen molar-refractivity contribution in [1.82, 2.24) is 0 Å². The van der Waals surface area contributed by atoms with E-state index < -0.39 is 17.7 Å². The first kappa shape index (κ1) is 23.6. The van der Waals surface area contributed by atoms with Crippen LogP contribution in [-0.4, -0.2) is 30.5 Å². The summed E-state index contributed by atoms with van der Waals surface area (Å²) in [5.41, 5.74) is 2.88. The van der Waals surface area contributed by atoms with E-state index in [0.29, 0.717) is 23.6 Å². The summed E-state index contributed by atoms with van der Waals surface area (Å²) >= 11 is 1.45. The average Bonchev–Trinajstić information content (AvgIpc) is 3.38. The van der Waals surface area contributed by atoms with E-state index in [4.69, 9.17) is 9.47 Å². The van der Waals surface area contributed by atoms with Gasteiger partial charge in [0.05, 0.1) is 19.3 Å². The quantitative estimate of drug-likeness (QED) is 0.265. The van der Waals surface area contributed by atoms with Gasteiger partial charge in [-0.25, -0.2) is 0 Å². The highest BCUT2D eigenvalue weighted by Crippen LogP contribution is 2.45. The molecule has 34 heavy (non-hydrogen) atoms. The van der Waals surface area contributed by atoms with Gasteiger partial charge in [0.15, 0.2) is 0 Å². The molecule has 1 unspecified atom stereocenters. The molecule has 1 aromatic heterocycles. The van der Waals surface area contributed by atoms with Gasteiger partial charge in [-0.05, 0) is 85.3 Å². The van der Waals surface area contributed by atoms with Gasteiger partial charge >= 0.3 is 0 Å². The van der Waals surface area contributed by atoms with Gasteiger partial charge in [-0.15, -0.1) is 11.3 Å². The van der Waals surface area contributed by atoms with Crippen molar-refractivity contribution in [3.8, 4) is 11.5 Å². The summed E-state index contributed by atoms with van der Waals surface area (Å²) < 4.78 is 11.0. The summed E-state index contributed by atoms with van der Waals surface area (Å²) in [6, 6.07) is 13.4. The Kier molecular flexibility index (Phi) is 6.75. The predicted molar refractivity (Wildman–Crippen MR) is 134 cm³/mol. The third-order valence-corrected chi connectivity index (χ3v) is 6.93. The summed E-state index contributed by atoms with van der Waals surface area (Å²) in [6.07, 6.45) is 0.885. The highest BCUT2D eigenvalue weighted by Gasteiger charge is 2.47. The second-order valence-electron chi connectivity index (χ2n) is 8.16. The monoisotopic (exact) mass is 477 g/mol. The number of carbonyl (C=O) groups excluding carboxylic acids is 2. The first-order chi connectivity index (χ1) is 16.4. The number of methoxy groups -OCH3 is 1. The molecule has 1 fully saturated rings. The molecule has 7 heteroatoms. The van der Waals surface area contributed by atoms with E-state index in [1.54, 1.807) is 49.6 Å². The zero-order valence-electron chi connectivity index (χ0n) is 19.6. The lowest BCUT2D eigenvalue weighted by Crippen LogP contribution is -2.29. The molecule has 0 spiro atoms. The fourth-order valence-corrected chi connectivity index (χ4v) is 5.11. The van der Waals surface area contributed by atoms with Crippen molar-refractivity contribution in [3.05, 3.63) is 81.1 Å². The van der Waals surface area contributed by atoms with E-state index in [0.717, 1.165) is 28.2 Å². The zero-order valence-corrected chi connectivity index (χ0v) is 20.4. The first-order valence-electron chi connectivity index (χ1n) is 11.1.